The molecule has 0 aliphatic carbocycles. The van der Waals surface area contributed by atoms with Crippen LogP contribution in [0.1, 0.15) is 38.5 Å². The summed E-state index contributed by atoms with van der Waals surface area (Å²) in [6.45, 7) is 5.31. The van der Waals surface area contributed by atoms with E-state index in [1.54, 1.807) is 0 Å². The molecule has 0 radical (unpaired) electrons. The maximum absolute atomic E-state index is 5.70. The molecule has 2 saturated heterocycles. The highest BCUT2D eigenvalue weighted by Crippen LogP contribution is 2.23. The second-order valence-electron chi connectivity index (χ2n) is 5.31. The van der Waals surface area contributed by atoms with Crippen molar-refractivity contribution in [2.24, 2.45) is 11.7 Å². The summed E-state index contributed by atoms with van der Waals surface area (Å²) in [5, 5.41) is 0. The van der Waals surface area contributed by atoms with Crippen LogP contribution in [0, 0.1) is 5.92 Å². The van der Waals surface area contributed by atoms with Crippen LogP contribution in [0.2, 0.25) is 0 Å². The van der Waals surface area contributed by atoms with E-state index >= 15 is 0 Å². The SMILES string of the molecule is NCCC1CCCCN1CC1CCCOC1. The Morgan fingerprint density at radius 3 is 2.88 bits per heavy atom. The van der Waals surface area contributed by atoms with Crippen LogP contribution >= 0.6 is 0 Å². The van der Waals surface area contributed by atoms with Crippen LogP contribution in [0.25, 0.3) is 0 Å². The molecular weight excluding hydrogens is 200 g/mol. The van der Waals surface area contributed by atoms with E-state index < -0.39 is 0 Å². The van der Waals surface area contributed by atoms with Gasteiger partial charge in [-0.05, 0) is 51.1 Å². The van der Waals surface area contributed by atoms with Gasteiger partial charge in [0.05, 0.1) is 6.61 Å². The predicted octanol–water partition coefficient (Wildman–Crippen LogP) is 1.62. The molecule has 0 aromatic rings. The largest absolute Gasteiger partial charge is 0.381 e. The van der Waals surface area contributed by atoms with Crippen LogP contribution in [0.3, 0.4) is 0 Å². The molecule has 94 valence electrons. The molecular formula is C13H26N2O. The lowest BCUT2D eigenvalue weighted by molar-refractivity contribution is 0.0236. The highest BCUT2D eigenvalue weighted by Gasteiger charge is 2.25. The van der Waals surface area contributed by atoms with Gasteiger partial charge in [-0.3, -0.25) is 4.90 Å². The van der Waals surface area contributed by atoms with Crippen LogP contribution in [0.15, 0.2) is 0 Å². The fourth-order valence-corrected chi connectivity index (χ4v) is 3.10. The fraction of sp³-hybridized carbons (Fsp3) is 1.00. The average molecular weight is 226 g/mol. The first kappa shape index (κ1) is 12.3. The fourth-order valence-electron chi connectivity index (χ4n) is 3.10. The minimum atomic E-state index is 0.751. The molecule has 2 aliphatic heterocycles. The molecule has 0 aromatic heterocycles. The summed E-state index contributed by atoms with van der Waals surface area (Å²) in [7, 11) is 0. The van der Waals surface area contributed by atoms with Crippen molar-refractivity contribution < 1.29 is 4.74 Å². The minimum Gasteiger partial charge on any atom is -0.381 e. The van der Waals surface area contributed by atoms with Crippen molar-refractivity contribution in [1.82, 2.24) is 4.90 Å². The lowest BCUT2D eigenvalue weighted by atomic mass is 9.95. The zero-order valence-electron chi connectivity index (χ0n) is 10.4. The van der Waals surface area contributed by atoms with Crippen LogP contribution < -0.4 is 5.73 Å². The number of nitrogens with zero attached hydrogens (tertiary/aromatic N) is 1. The quantitative estimate of drug-likeness (QED) is 0.791. The molecule has 2 rings (SSSR count). The molecule has 0 saturated carbocycles. The Morgan fingerprint density at radius 1 is 1.19 bits per heavy atom. The topological polar surface area (TPSA) is 38.5 Å². The van der Waals surface area contributed by atoms with Crippen LogP contribution in [0.4, 0.5) is 0 Å². The Morgan fingerprint density at radius 2 is 2.12 bits per heavy atom. The number of ether oxygens (including phenoxy) is 1. The van der Waals surface area contributed by atoms with E-state index in [1.165, 1.54) is 51.6 Å². The molecule has 0 spiro atoms. The van der Waals surface area contributed by atoms with Gasteiger partial charge in [-0.25, -0.2) is 0 Å². The molecule has 3 heteroatoms. The number of likely N-dealkylation sites (tertiary alicyclic amines) is 1. The van der Waals surface area contributed by atoms with Gasteiger partial charge in [0, 0.05) is 19.2 Å². The van der Waals surface area contributed by atoms with Crippen molar-refractivity contribution in [2.75, 3.05) is 32.8 Å². The highest BCUT2D eigenvalue weighted by atomic mass is 16.5. The second-order valence-corrected chi connectivity index (χ2v) is 5.31. The third-order valence-corrected chi connectivity index (χ3v) is 4.00. The van der Waals surface area contributed by atoms with Crippen molar-refractivity contribution >= 4 is 0 Å². The molecule has 16 heavy (non-hydrogen) atoms. The number of hydrogen-bond acceptors (Lipinski definition) is 3. The third kappa shape index (κ3) is 3.44. The van der Waals surface area contributed by atoms with Gasteiger partial charge in [0.1, 0.15) is 0 Å². The van der Waals surface area contributed by atoms with Gasteiger partial charge >= 0.3 is 0 Å². The Labute approximate surface area is 99.3 Å². The van der Waals surface area contributed by atoms with Gasteiger partial charge < -0.3 is 10.5 Å². The molecule has 2 heterocycles. The smallest absolute Gasteiger partial charge is 0.0506 e. The maximum Gasteiger partial charge on any atom is 0.0506 e. The summed E-state index contributed by atoms with van der Waals surface area (Å²) < 4.78 is 5.57. The van der Waals surface area contributed by atoms with Gasteiger partial charge in [-0.2, -0.15) is 0 Å². The normalized spacial score (nSPS) is 32.8. The van der Waals surface area contributed by atoms with Crippen molar-refractivity contribution in [3.63, 3.8) is 0 Å². The summed E-state index contributed by atoms with van der Waals surface area (Å²) in [5.41, 5.74) is 5.70. The molecule has 2 atom stereocenters. The summed E-state index contributed by atoms with van der Waals surface area (Å²) in [5.74, 6) is 0.770. The van der Waals surface area contributed by atoms with Crippen LogP contribution in [-0.4, -0.2) is 43.8 Å². The lowest BCUT2D eigenvalue weighted by Crippen LogP contribution is -2.44. The zero-order chi connectivity index (χ0) is 11.2. The first-order valence-electron chi connectivity index (χ1n) is 6.92. The van der Waals surface area contributed by atoms with E-state index in [4.69, 9.17) is 10.5 Å². The minimum absolute atomic E-state index is 0.751. The number of piperidine rings is 1. The summed E-state index contributed by atoms with van der Waals surface area (Å²) in [6, 6.07) is 0.751. The molecule has 3 nitrogen and oxygen atoms in total. The molecule has 0 bridgehead atoms. The van der Waals surface area contributed by atoms with E-state index in [0.29, 0.717) is 0 Å². The summed E-state index contributed by atoms with van der Waals surface area (Å²) >= 11 is 0. The van der Waals surface area contributed by atoms with Gasteiger partial charge in [-0.1, -0.05) is 6.42 Å². The van der Waals surface area contributed by atoms with Crippen LogP contribution in [-0.2, 0) is 4.74 Å². The van der Waals surface area contributed by atoms with Crippen molar-refractivity contribution in [3.05, 3.63) is 0 Å². The molecule has 2 aliphatic rings. The van der Waals surface area contributed by atoms with E-state index in [0.717, 1.165) is 31.7 Å². The van der Waals surface area contributed by atoms with Gasteiger partial charge in [0.15, 0.2) is 0 Å². The van der Waals surface area contributed by atoms with Gasteiger partial charge in [0.25, 0.3) is 0 Å². The molecule has 0 aromatic carbocycles. The van der Waals surface area contributed by atoms with Gasteiger partial charge in [0.2, 0.25) is 0 Å². The first-order chi connectivity index (χ1) is 7.90. The summed E-state index contributed by atoms with van der Waals surface area (Å²) in [6.07, 6.45) is 7.89. The maximum atomic E-state index is 5.70. The third-order valence-electron chi connectivity index (χ3n) is 4.00. The Hall–Kier alpha value is -0.120. The predicted molar refractivity (Wildman–Crippen MR) is 66.4 cm³/mol. The number of nitrogens with two attached hydrogens (primary N) is 1. The average Bonchev–Trinajstić information content (AvgIpc) is 2.33. The Bertz CT molecular complexity index is 190. The van der Waals surface area contributed by atoms with Crippen LogP contribution in [0.5, 0.6) is 0 Å². The van der Waals surface area contributed by atoms with E-state index in [-0.39, 0.29) is 0 Å². The monoisotopic (exact) mass is 226 g/mol. The lowest BCUT2D eigenvalue weighted by Gasteiger charge is -2.38. The molecule has 2 unspecified atom stereocenters. The Kier molecular flexibility index (Phi) is 5.07. The van der Waals surface area contributed by atoms with Crippen molar-refractivity contribution in [1.29, 1.82) is 0 Å². The summed E-state index contributed by atoms with van der Waals surface area (Å²) in [4.78, 5) is 2.68. The second kappa shape index (κ2) is 6.58. The zero-order valence-corrected chi connectivity index (χ0v) is 10.4. The van der Waals surface area contributed by atoms with Gasteiger partial charge in [-0.15, -0.1) is 0 Å². The number of hydrogen-bond donors (Lipinski definition) is 1. The number of rotatable bonds is 4. The highest BCUT2D eigenvalue weighted by molar-refractivity contribution is 4.80. The van der Waals surface area contributed by atoms with Crippen molar-refractivity contribution in [3.8, 4) is 0 Å². The van der Waals surface area contributed by atoms with E-state index in [9.17, 15) is 0 Å². The standard InChI is InChI=1S/C13H26N2O/c14-7-6-13-5-1-2-8-15(13)10-12-4-3-9-16-11-12/h12-13H,1-11,14H2. The molecule has 2 fully saturated rings. The van der Waals surface area contributed by atoms with Crippen molar-refractivity contribution in [2.45, 2.75) is 44.6 Å². The van der Waals surface area contributed by atoms with E-state index in [1.807, 2.05) is 0 Å². The Balaban J connectivity index is 1.80. The first-order valence-corrected chi connectivity index (χ1v) is 6.92. The van der Waals surface area contributed by atoms with E-state index in [2.05, 4.69) is 4.90 Å². The molecule has 2 N–H and O–H groups in total. The molecule has 0 amide bonds.